The van der Waals surface area contributed by atoms with Crippen molar-refractivity contribution in [2.24, 2.45) is 0 Å². The van der Waals surface area contributed by atoms with Crippen LogP contribution in [0.5, 0.6) is 0 Å². The van der Waals surface area contributed by atoms with E-state index in [4.69, 9.17) is 0 Å². The van der Waals surface area contributed by atoms with Crippen LogP contribution in [0.3, 0.4) is 0 Å². The lowest BCUT2D eigenvalue weighted by molar-refractivity contribution is -0.386. The number of hydrogen-bond acceptors (Lipinski definition) is 4. The number of carbonyl (C=O) groups is 1. The highest BCUT2D eigenvalue weighted by molar-refractivity contribution is 5.80. The summed E-state index contributed by atoms with van der Waals surface area (Å²) in [4.78, 5) is 33.0. The highest BCUT2D eigenvalue weighted by Gasteiger charge is 2.13. The normalized spacial score (nSPS) is 10.2. The SMILES string of the molecule is O=C(Cc1ccccc1)Cn1ccc(=O)c([N+](=O)[O-])c1. The maximum atomic E-state index is 11.9. The summed E-state index contributed by atoms with van der Waals surface area (Å²) in [5.74, 6) is -0.0888. The average Bonchev–Trinajstić information content (AvgIpc) is 2.41. The molecule has 20 heavy (non-hydrogen) atoms. The van der Waals surface area contributed by atoms with Crippen LogP contribution in [-0.2, 0) is 17.8 Å². The van der Waals surface area contributed by atoms with Crippen LogP contribution in [0.15, 0.2) is 53.6 Å². The number of ketones is 1. The Bertz CT molecular complexity index is 692. The summed E-state index contributed by atoms with van der Waals surface area (Å²) >= 11 is 0. The molecule has 0 saturated heterocycles. The molecule has 0 saturated carbocycles. The molecule has 6 nitrogen and oxygen atoms in total. The van der Waals surface area contributed by atoms with Gasteiger partial charge in [-0.2, -0.15) is 0 Å². The van der Waals surface area contributed by atoms with E-state index in [0.29, 0.717) is 0 Å². The Morgan fingerprint density at radius 1 is 1.20 bits per heavy atom. The van der Waals surface area contributed by atoms with E-state index in [1.54, 1.807) is 0 Å². The summed E-state index contributed by atoms with van der Waals surface area (Å²) in [6.07, 6.45) is 2.71. The molecule has 0 aliphatic heterocycles. The number of benzene rings is 1. The predicted molar refractivity (Wildman–Crippen MR) is 72.5 cm³/mol. The molecule has 2 rings (SSSR count). The largest absolute Gasteiger partial charge is 0.341 e. The molecule has 0 unspecified atom stereocenters. The van der Waals surface area contributed by atoms with Crippen molar-refractivity contribution in [1.82, 2.24) is 4.57 Å². The third-order valence-electron chi connectivity index (χ3n) is 2.76. The molecule has 0 aliphatic carbocycles. The minimum absolute atomic E-state index is 0.00395. The molecule has 0 radical (unpaired) electrons. The first kappa shape index (κ1) is 13.7. The van der Waals surface area contributed by atoms with E-state index in [2.05, 4.69) is 0 Å². The molecule has 0 atom stereocenters. The van der Waals surface area contributed by atoms with Crippen LogP contribution >= 0.6 is 0 Å². The standard InChI is InChI=1S/C14H12N2O4/c17-12(8-11-4-2-1-3-5-11)9-15-7-6-14(18)13(10-15)16(19)20/h1-7,10H,8-9H2. The fraction of sp³-hybridized carbons (Fsp3) is 0.143. The van der Waals surface area contributed by atoms with Crippen LogP contribution < -0.4 is 5.43 Å². The maximum absolute atomic E-state index is 11.9. The first-order valence-corrected chi connectivity index (χ1v) is 5.96. The Kier molecular flexibility index (Phi) is 4.05. The van der Waals surface area contributed by atoms with Gasteiger partial charge in [0.15, 0.2) is 5.78 Å². The Morgan fingerprint density at radius 3 is 2.55 bits per heavy atom. The molecule has 6 heteroatoms. The molecule has 0 fully saturated rings. The van der Waals surface area contributed by atoms with E-state index in [0.717, 1.165) is 17.8 Å². The number of pyridine rings is 1. The van der Waals surface area contributed by atoms with Crippen LogP contribution in [0.4, 0.5) is 5.69 Å². The van der Waals surface area contributed by atoms with Gasteiger partial charge in [0, 0.05) is 18.7 Å². The highest BCUT2D eigenvalue weighted by Crippen LogP contribution is 2.05. The second-order valence-electron chi connectivity index (χ2n) is 4.32. The molecule has 0 bridgehead atoms. The zero-order valence-corrected chi connectivity index (χ0v) is 10.6. The molecule has 1 aromatic heterocycles. The third kappa shape index (κ3) is 3.38. The summed E-state index contributed by atoms with van der Waals surface area (Å²) < 4.78 is 1.35. The number of nitro groups is 1. The van der Waals surface area contributed by atoms with Gasteiger partial charge in [0.1, 0.15) is 0 Å². The van der Waals surface area contributed by atoms with E-state index < -0.39 is 16.0 Å². The first-order valence-electron chi connectivity index (χ1n) is 5.96. The van der Waals surface area contributed by atoms with Crippen LogP contribution in [-0.4, -0.2) is 15.3 Å². The quantitative estimate of drug-likeness (QED) is 0.611. The predicted octanol–water partition coefficient (Wildman–Crippen LogP) is 1.57. The monoisotopic (exact) mass is 272 g/mol. The van der Waals surface area contributed by atoms with Crippen molar-refractivity contribution in [2.45, 2.75) is 13.0 Å². The van der Waals surface area contributed by atoms with Gasteiger partial charge in [0.05, 0.1) is 17.7 Å². The first-order chi connectivity index (χ1) is 9.56. The van der Waals surface area contributed by atoms with E-state index >= 15 is 0 Å². The van der Waals surface area contributed by atoms with Crippen LogP contribution in [0.2, 0.25) is 0 Å². The molecule has 0 amide bonds. The number of Topliss-reactive ketones (excluding diaryl/α,β-unsaturated/α-hetero) is 1. The van der Waals surface area contributed by atoms with Crippen molar-refractivity contribution in [3.05, 3.63) is 74.7 Å². The Labute approximate surface area is 114 Å². The van der Waals surface area contributed by atoms with Gasteiger partial charge in [0.2, 0.25) is 0 Å². The number of aromatic nitrogens is 1. The summed E-state index contributed by atoms with van der Waals surface area (Å²) in [7, 11) is 0. The number of hydrogen-bond donors (Lipinski definition) is 0. The van der Waals surface area contributed by atoms with Gasteiger partial charge in [0.25, 0.3) is 5.43 Å². The summed E-state index contributed by atoms with van der Waals surface area (Å²) in [6.45, 7) is -0.00395. The van der Waals surface area contributed by atoms with Crippen molar-refractivity contribution < 1.29 is 9.72 Å². The Balaban J connectivity index is 2.10. The molecule has 2 aromatic rings. The van der Waals surface area contributed by atoms with E-state index in [-0.39, 0.29) is 18.7 Å². The van der Waals surface area contributed by atoms with Gasteiger partial charge in [-0.25, -0.2) is 0 Å². The maximum Gasteiger partial charge on any atom is 0.332 e. The lowest BCUT2D eigenvalue weighted by atomic mass is 10.1. The third-order valence-corrected chi connectivity index (χ3v) is 2.76. The zero-order valence-electron chi connectivity index (χ0n) is 10.6. The molecule has 0 spiro atoms. The van der Waals surface area contributed by atoms with Crippen molar-refractivity contribution in [3.8, 4) is 0 Å². The zero-order chi connectivity index (χ0) is 14.5. The molecular weight excluding hydrogens is 260 g/mol. The lowest BCUT2D eigenvalue weighted by Crippen LogP contribution is -2.16. The van der Waals surface area contributed by atoms with Gasteiger partial charge in [-0.1, -0.05) is 30.3 Å². The Hall–Kier alpha value is -2.76. The fourth-order valence-electron chi connectivity index (χ4n) is 1.83. The van der Waals surface area contributed by atoms with Gasteiger partial charge >= 0.3 is 5.69 Å². The van der Waals surface area contributed by atoms with Crippen molar-refractivity contribution in [3.63, 3.8) is 0 Å². The molecule has 0 N–H and O–H groups in total. The molecular formula is C14H12N2O4. The van der Waals surface area contributed by atoms with Gasteiger partial charge in [-0.15, -0.1) is 0 Å². The minimum atomic E-state index is -0.749. The fourth-order valence-corrected chi connectivity index (χ4v) is 1.83. The van der Waals surface area contributed by atoms with E-state index in [9.17, 15) is 19.7 Å². The van der Waals surface area contributed by atoms with Gasteiger partial charge < -0.3 is 4.57 Å². The van der Waals surface area contributed by atoms with Crippen LogP contribution in [0, 0.1) is 10.1 Å². The van der Waals surface area contributed by atoms with Crippen molar-refractivity contribution in [1.29, 1.82) is 0 Å². The average molecular weight is 272 g/mol. The lowest BCUT2D eigenvalue weighted by Gasteiger charge is -2.05. The van der Waals surface area contributed by atoms with Gasteiger partial charge in [-0.3, -0.25) is 19.7 Å². The van der Waals surface area contributed by atoms with E-state index in [1.807, 2.05) is 30.3 Å². The van der Waals surface area contributed by atoms with Crippen molar-refractivity contribution in [2.75, 3.05) is 0 Å². The summed E-state index contributed by atoms with van der Waals surface area (Å²) in [5.41, 5.74) is -0.310. The number of nitrogens with zero attached hydrogens (tertiary/aromatic N) is 2. The van der Waals surface area contributed by atoms with Crippen LogP contribution in [0.1, 0.15) is 5.56 Å². The van der Waals surface area contributed by atoms with Crippen molar-refractivity contribution >= 4 is 11.5 Å². The molecule has 0 aliphatic rings. The number of carbonyl (C=O) groups excluding carboxylic acids is 1. The Morgan fingerprint density at radius 2 is 1.90 bits per heavy atom. The summed E-state index contributed by atoms with van der Waals surface area (Å²) in [6, 6.07) is 10.3. The molecule has 1 aromatic carbocycles. The second-order valence-corrected chi connectivity index (χ2v) is 4.32. The summed E-state index contributed by atoms with van der Waals surface area (Å²) in [5, 5.41) is 10.7. The molecule has 102 valence electrons. The minimum Gasteiger partial charge on any atom is -0.341 e. The smallest absolute Gasteiger partial charge is 0.332 e. The van der Waals surface area contributed by atoms with Crippen LogP contribution in [0.25, 0.3) is 0 Å². The van der Waals surface area contributed by atoms with E-state index in [1.165, 1.54) is 10.8 Å². The molecule has 1 heterocycles. The topological polar surface area (TPSA) is 82.2 Å². The number of rotatable bonds is 5. The van der Waals surface area contributed by atoms with Gasteiger partial charge in [-0.05, 0) is 5.56 Å². The highest BCUT2D eigenvalue weighted by atomic mass is 16.6. The second kappa shape index (κ2) is 5.92.